The Bertz CT molecular complexity index is 1690. The predicted molar refractivity (Wildman–Crippen MR) is 135 cm³/mol. The zero-order valence-electron chi connectivity index (χ0n) is 18.8. The van der Waals surface area contributed by atoms with Gasteiger partial charge in [-0.3, -0.25) is 9.59 Å². The van der Waals surface area contributed by atoms with Crippen LogP contribution in [0.25, 0.3) is 21.3 Å². The Morgan fingerprint density at radius 2 is 1.46 bits per heavy atom. The van der Waals surface area contributed by atoms with Crippen molar-refractivity contribution in [1.82, 2.24) is 9.97 Å². The van der Waals surface area contributed by atoms with Gasteiger partial charge in [0.2, 0.25) is 0 Å². The first kappa shape index (κ1) is 21.3. The Labute approximate surface area is 204 Å². The minimum absolute atomic E-state index is 0.179. The third-order valence-corrected chi connectivity index (χ3v) is 7.18. The third-order valence-electron chi connectivity index (χ3n) is 6.18. The zero-order valence-corrected chi connectivity index (χ0v) is 19.7. The lowest BCUT2D eigenvalue weighted by atomic mass is 9.83. The standard InChI is InChI=1S/C28H18FN3O2S/c1-14-22(16-10-12-17(29)13-11-16)24-27(30-15(2)31-28(24)35-14)32-21-9-5-8-20-23(21)26(34)19-7-4-3-6-18(19)25(20)33/h3-13H,1-2H3,(H,30,31,32). The van der Waals surface area contributed by atoms with Crippen LogP contribution in [0.3, 0.4) is 0 Å². The molecule has 0 aliphatic heterocycles. The van der Waals surface area contributed by atoms with Gasteiger partial charge in [0, 0.05) is 27.1 Å². The number of rotatable bonds is 3. The molecule has 0 radical (unpaired) electrons. The summed E-state index contributed by atoms with van der Waals surface area (Å²) in [5.74, 6) is 0.408. The van der Waals surface area contributed by atoms with E-state index in [-0.39, 0.29) is 17.4 Å². The van der Waals surface area contributed by atoms with Crippen LogP contribution < -0.4 is 5.32 Å². The number of carbonyl (C=O) groups excluding carboxylic acids is 2. The molecule has 35 heavy (non-hydrogen) atoms. The first-order valence-corrected chi connectivity index (χ1v) is 11.9. The van der Waals surface area contributed by atoms with Crippen molar-refractivity contribution >= 4 is 44.6 Å². The lowest BCUT2D eigenvalue weighted by Crippen LogP contribution is -2.22. The highest BCUT2D eigenvalue weighted by Crippen LogP contribution is 2.42. The Kier molecular flexibility index (Phi) is 4.82. The van der Waals surface area contributed by atoms with Crippen LogP contribution in [0.4, 0.5) is 15.9 Å². The van der Waals surface area contributed by atoms with Crippen molar-refractivity contribution in [2.75, 3.05) is 5.32 Å². The van der Waals surface area contributed by atoms with E-state index in [1.54, 1.807) is 54.6 Å². The molecule has 0 saturated heterocycles. The molecule has 0 saturated carbocycles. The summed E-state index contributed by atoms with van der Waals surface area (Å²) in [7, 11) is 0. The SMILES string of the molecule is Cc1nc(Nc2cccc3c2C(=O)c2ccccc2C3=O)c2c(-c3ccc(F)cc3)c(C)sc2n1. The summed E-state index contributed by atoms with van der Waals surface area (Å²) in [6.45, 7) is 3.80. The number of nitrogens with zero attached hydrogens (tertiary/aromatic N) is 2. The van der Waals surface area contributed by atoms with Gasteiger partial charge in [-0.15, -0.1) is 11.3 Å². The molecule has 5 nitrogen and oxygen atoms in total. The maximum Gasteiger partial charge on any atom is 0.196 e. The van der Waals surface area contributed by atoms with Crippen LogP contribution in [-0.2, 0) is 0 Å². The van der Waals surface area contributed by atoms with Crippen molar-refractivity contribution < 1.29 is 14.0 Å². The normalized spacial score (nSPS) is 12.5. The van der Waals surface area contributed by atoms with Crippen molar-refractivity contribution in [3.8, 4) is 11.1 Å². The number of hydrogen-bond acceptors (Lipinski definition) is 6. The van der Waals surface area contributed by atoms with Gasteiger partial charge in [0.15, 0.2) is 11.6 Å². The van der Waals surface area contributed by atoms with E-state index in [4.69, 9.17) is 0 Å². The molecule has 3 aromatic carbocycles. The second kappa shape index (κ2) is 7.92. The molecule has 2 heterocycles. The second-order valence-electron chi connectivity index (χ2n) is 8.40. The number of aromatic nitrogens is 2. The smallest absolute Gasteiger partial charge is 0.196 e. The number of halogens is 1. The van der Waals surface area contributed by atoms with Gasteiger partial charge in [-0.2, -0.15) is 0 Å². The van der Waals surface area contributed by atoms with Gasteiger partial charge in [-0.1, -0.05) is 48.5 Å². The van der Waals surface area contributed by atoms with E-state index < -0.39 is 0 Å². The lowest BCUT2D eigenvalue weighted by Gasteiger charge is -2.21. The van der Waals surface area contributed by atoms with E-state index in [1.807, 2.05) is 13.8 Å². The summed E-state index contributed by atoms with van der Waals surface area (Å²) in [5.41, 5.74) is 3.75. The largest absolute Gasteiger partial charge is 0.339 e. The number of fused-ring (bicyclic) bond motifs is 3. The number of nitrogens with one attached hydrogen (secondary N) is 1. The fraction of sp³-hybridized carbons (Fsp3) is 0.0714. The number of hydrogen-bond donors (Lipinski definition) is 1. The Morgan fingerprint density at radius 3 is 2.20 bits per heavy atom. The highest BCUT2D eigenvalue weighted by atomic mass is 32.1. The van der Waals surface area contributed by atoms with E-state index in [0.29, 0.717) is 39.6 Å². The maximum atomic E-state index is 13.6. The van der Waals surface area contributed by atoms with Crippen LogP contribution in [0, 0.1) is 19.7 Å². The number of aryl methyl sites for hydroxylation is 2. The van der Waals surface area contributed by atoms with Gasteiger partial charge in [-0.05, 0) is 37.6 Å². The Hall–Kier alpha value is -4.23. The topological polar surface area (TPSA) is 72.0 Å². The van der Waals surface area contributed by atoms with Crippen molar-refractivity contribution in [2.45, 2.75) is 13.8 Å². The molecular formula is C28H18FN3O2S. The number of benzene rings is 3. The molecule has 0 unspecified atom stereocenters. The molecule has 6 rings (SSSR count). The molecule has 7 heteroatoms. The molecule has 170 valence electrons. The van der Waals surface area contributed by atoms with Gasteiger partial charge in [0.05, 0.1) is 16.6 Å². The Morgan fingerprint density at radius 1 is 0.771 bits per heavy atom. The molecule has 1 aliphatic carbocycles. The number of carbonyl (C=O) groups is 2. The average molecular weight is 480 g/mol. The molecule has 5 aromatic rings. The molecule has 2 aromatic heterocycles. The fourth-order valence-corrected chi connectivity index (χ4v) is 5.74. The summed E-state index contributed by atoms with van der Waals surface area (Å²) < 4.78 is 13.6. The van der Waals surface area contributed by atoms with E-state index in [2.05, 4.69) is 15.3 Å². The number of ketones is 2. The maximum absolute atomic E-state index is 13.6. The van der Waals surface area contributed by atoms with E-state index in [1.165, 1.54) is 23.5 Å². The van der Waals surface area contributed by atoms with Crippen LogP contribution in [0.2, 0.25) is 0 Å². The van der Waals surface area contributed by atoms with Crippen LogP contribution in [0.5, 0.6) is 0 Å². The van der Waals surface area contributed by atoms with Crippen molar-refractivity contribution in [3.63, 3.8) is 0 Å². The van der Waals surface area contributed by atoms with Gasteiger partial charge in [-0.25, -0.2) is 14.4 Å². The molecular weight excluding hydrogens is 461 g/mol. The van der Waals surface area contributed by atoms with E-state index in [9.17, 15) is 14.0 Å². The Balaban J connectivity index is 1.55. The molecule has 0 bridgehead atoms. The average Bonchev–Trinajstić information content (AvgIpc) is 3.18. The molecule has 0 spiro atoms. The fourth-order valence-electron chi connectivity index (χ4n) is 4.65. The molecule has 1 aliphatic rings. The minimum Gasteiger partial charge on any atom is -0.339 e. The van der Waals surface area contributed by atoms with Crippen LogP contribution in [0.15, 0.2) is 66.7 Å². The molecule has 0 amide bonds. The zero-order chi connectivity index (χ0) is 24.3. The van der Waals surface area contributed by atoms with Crippen LogP contribution in [0.1, 0.15) is 42.5 Å². The molecule has 1 N–H and O–H groups in total. The predicted octanol–water partition coefficient (Wildman–Crippen LogP) is 6.63. The molecule has 0 fully saturated rings. The summed E-state index contributed by atoms with van der Waals surface area (Å²) in [6, 6.07) is 18.4. The number of thiophene rings is 1. The first-order chi connectivity index (χ1) is 16.9. The monoisotopic (exact) mass is 479 g/mol. The quantitative estimate of drug-likeness (QED) is 0.308. The summed E-state index contributed by atoms with van der Waals surface area (Å²) in [5, 5.41) is 4.13. The van der Waals surface area contributed by atoms with Crippen LogP contribution in [-0.4, -0.2) is 21.5 Å². The van der Waals surface area contributed by atoms with Gasteiger partial charge < -0.3 is 5.32 Å². The van der Waals surface area contributed by atoms with Gasteiger partial charge in [0.1, 0.15) is 22.3 Å². The number of anilines is 2. The van der Waals surface area contributed by atoms with E-state index in [0.717, 1.165) is 26.2 Å². The van der Waals surface area contributed by atoms with E-state index >= 15 is 0 Å². The molecule has 0 atom stereocenters. The second-order valence-corrected chi connectivity index (χ2v) is 9.60. The van der Waals surface area contributed by atoms with Gasteiger partial charge >= 0.3 is 0 Å². The summed E-state index contributed by atoms with van der Waals surface area (Å²) in [4.78, 5) is 37.7. The van der Waals surface area contributed by atoms with Crippen LogP contribution >= 0.6 is 11.3 Å². The summed E-state index contributed by atoms with van der Waals surface area (Å²) in [6.07, 6.45) is 0. The van der Waals surface area contributed by atoms with Crippen molar-refractivity contribution in [2.24, 2.45) is 0 Å². The first-order valence-electron chi connectivity index (χ1n) is 11.0. The third kappa shape index (κ3) is 3.35. The highest BCUT2D eigenvalue weighted by molar-refractivity contribution is 7.19. The summed E-state index contributed by atoms with van der Waals surface area (Å²) >= 11 is 1.53. The van der Waals surface area contributed by atoms with Gasteiger partial charge in [0.25, 0.3) is 0 Å². The van der Waals surface area contributed by atoms with Crippen molar-refractivity contribution in [1.29, 1.82) is 0 Å². The minimum atomic E-state index is -0.309. The lowest BCUT2D eigenvalue weighted by molar-refractivity contribution is 0.0979. The highest BCUT2D eigenvalue weighted by Gasteiger charge is 2.31. The van der Waals surface area contributed by atoms with Crippen molar-refractivity contribution in [3.05, 3.63) is 106 Å².